The SMILES string of the molecule is CNCc1cc(-c2ccn(C)n2)ccc1OC. The van der Waals surface area contributed by atoms with Crippen LogP contribution in [0.15, 0.2) is 30.5 Å². The molecule has 1 heterocycles. The second-order valence-corrected chi connectivity index (χ2v) is 3.93. The number of hydrogen-bond acceptors (Lipinski definition) is 3. The molecule has 0 aliphatic carbocycles. The van der Waals surface area contributed by atoms with Gasteiger partial charge < -0.3 is 10.1 Å². The van der Waals surface area contributed by atoms with Gasteiger partial charge in [0.2, 0.25) is 0 Å². The van der Waals surface area contributed by atoms with Gasteiger partial charge in [0.05, 0.1) is 12.8 Å². The van der Waals surface area contributed by atoms with Crippen LogP contribution in [-0.2, 0) is 13.6 Å². The van der Waals surface area contributed by atoms with Gasteiger partial charge in [-0.15, -0.1) is 0 Å². The van der Waals surface area contributed by atoms with E-state index in [9.17, 15) is 0 Å². The normalized spacial score (nSPS) is 10.5. The standard InChI is InChI=1S/C13H17N3O/c1-14-9-11-8-10(4-5-13(11)17-3)12-6-7-16(2)15-12/h4-8,14H,9H2,1-3H3. The van der Waals surface area contributed by atoms with E-state index in [1.54, 1.807) is 11.8 Å². The molecule has 0 fully saturated rings. The van der Waals surface area contributed by atoms with Crippen molar-refractivity contribution >= 4 is 0 Å². The highest BCUT2D eigenvalue weighted by Crippen LogP contribution is 2.25. The minimum atomic E-state index is 0.782. The molecule has 0 saturated heterocycles. The largest absolute Gasteiger partial charge is 0.496 e. The van der Waals surface area contributed by atoms with Crippen LogP contribution < -0.4 is 10.1 Å². The van der Waals surface area contributed by atoms with Crippen molar-refractivity contribution in [2.75, 3.05) is 14.2 Å². The maximum absolute atomic E-state index is 5.33. The number of hydrogen-bond donors (Lipinski definition) is 1. The fourth-order valence-corrected chi connectivity index (χ4v) is 1.84. The van der Waals surface area contributed by atoms with Crippen LogP contribution in [0, 0.1) is 0 Å². The number of nitrogens with zero attached hydrogens (tertiary/aromatic N) is 2. The van der Waals surface area contributed by atoms with Crippen LogP contribution in [0.5, 0.6) is 5.75 Å². The first-order valence-corrected chi connectivity index (χ1v) is 5.56. The molecular formula is C13H17N3O. The summed E-state index contributed by atoms with van der Waals surface area (Å²) in [5.41, 5.74) is 3.22. The zero-order valence-electron chi connectivity index (χ0n) is 10.4. The van der Waals surface area contributed by atoms with Crippen molar-refractivity contribution in [2.45, 2.75) is 6.54 Å². The summed E-state index contributed by atoms with van der Waals surface area (Å²) in [5.74, 6) is 0.902. The molecule has 0 amide bonds. The smallest absolute Gasteiger partial charge is 0.123 e. The number of aromatic nitrogens is 2. The van der Waals surface area contributed by atoms with Crippen molar-refractivity contribution in [3.63, 3.8) is 0 Å². The quantitative estimate of drug-likeness (QED) is 0.872. The van der Waals surface area contributed by atoms with Crippen molar-refractivity contribution in [1.29, 1.82) is 0 Å². The first-order chi connectivity index (χ1) is 8.24. The predicted octanol–water partition coefficient (Wildman–Crippen LogP) is 1.82. The molecule has 0 radical (unpaired) electrons. The van der Waals surface area contributed by atoms with Crippen molar-refractivity contribution in [2.24, 2.45) is 7.05 Å². The molecule has 0 unspecified atom stereocenters. The second kappa shape index (κ2) is 5.01. The predicted molar refractivity (Wildman–Crippen MR) is 68.0 cm³/mol. The fourth-order valence-electron chi connectivity index (χ4n) is 1.84. The summed E-state index contributed by atoms with van der Waals surface area (Å²) in [7, 11) is 5.53. The molecular weight excluding hydrogens is 214 g/mol. The lowest BCUT2D eigenvalue weighted by Gasteiger charge is -2.09. The third kappa shape index (κ3) is 2.47. The zero-order valence-corrected chi connectivity index (χ0v) is 10.4. The summed E-state index contributed by atoms with van der Waals surface area (Å²) in [6.45, 7) is 0.782. The lowest BCUT2D eigenvalue weighted by molar-refractivity contribution is 0.408. The van der Waals surface area contributed by atoms with Gasteiger partial charge in [0.15, 0.2) is 0 Å². The summed E-state index contributed by atoms with van der Waals surface area (Å²) in [6, 6.07) is 8.12. The van der Waals surface area contributed by atoms with E-state index in [1.165, 1.54) is 0 Å². The Balaban J connectivity index is 2.39. The summed E-state index contributed by atoms with van der Waals surface area (Å²) in [5, 5.41) is 7.53. The van der Waals surface area contributed by atoms with Gasteiger partial charge in [-0.3, -0.25) is 4.68 Å². The number of nitrogens with one attached hydrogen (secondary N) is 1. The van der Waals surface area contributed by atoms with E-state index in [4.69, 9.17) is 4.74 Å². The minimum Gasteiger partial charge on any atom is -0.496 e. The van der Waals surface area contributed by atoms with Crippen molar-refractivity contribution in [3.05, 3.63) is 36.0 Å². The van der Waals surface area contributed by atoms with E-state index in [0.29, 0.717) is 0 Å². The Bertz CT molecular complexity index is 505. The number of methoxy groups -OCH3 is 1. The number of rotatable bonds is 4. The molecule has 1 aromatic heterocycles. The molecule has 0 atom stereocenters. The maximum Gasteiger partial charge on any atom is 0.123 e. The van der Waals surface area contributed by atoms with Gasteiger partial charge in [0.25, 0.3) is 0 Å². The molecule has 4 heteroatoms. The first kappa shape index (κ1) is 11.7. The molecule has 0 spiro atoms. The number of benzene rings is 1. The molecule has 0 saturated carbocycles. The van der Waals surface area contributed by atoms with Crippen LogP contribution in [0.3, 0.4) is 0 Å². The number of ether oxygens (including phenoxy) is 1. The van der Waals surface area contributed by atoms with E-state index in [-0.39, 0.29) is 0 Å². The Hall–Kier alpha value is -1.81. The third-order valence-corrected chi connectivity index (χ3v) is 2.66. The highest BCUT2D eigenvalue weighted by Gasteiger charge is 2.06. The average molecular weight is 231 g/mol. The van der Waals surface area contributed by atoms with Gasteiger partial charge >= 0.3 is 0 Å². The average Bonchev–Trinajstić information content (AvgIpc) is 2.76. The highest BCUT2D eigenvalue weighted by molar-refractivity contribution is 5.61. The van der Waals surface area contributed by atoms with Crippen LogP contribution in [0.4, 0.5) is 0 Å². The first-order valence-electron chi connectivity index (χ1n) is 5.56. The summed E-state index contributed by atoms with van der Waals surface area (Å²) in [4.78, 5) is 0. The molecule has 1 aromatic carbocycles. The molecule has 2 rings (SSSR count). The van der Waals surface area contributed by atoms with Crippen LogP contribution in [0.1, 0.15) is 5.56 Å². The van der Waals surface area contributed by atoms with Crippen LogP contribution in [-0.4, -0.2) is 23.9 Å². The Labute approximate surface area is 101 Å². The van der Waals surface area contributed by atoms with E-state index in [1.807, 2.05) is 38.5 Å². The molecule has 0 aliphatic heterocycles. The monoisotopic (exact) mass is 231 g/mol. The molecule has 2 aromatic rings. The number of aryl methyl sites for hydroxylation is 1. The molecule has 4 nitrogen and oxygen atoms in total. The van der Waals surface area contributed by atoms with Gasteiger partial charge in [-0.25, -0.2) is 0 Å². The maximum atomic E-state index is 5.33. The van der Waals surface area contributed by atoms with Crippen LogP contribution >= 0.6 is 0 Å². The molecule has 1 N–H and O–H groups in total. The molecule has 90 valence electrons. The highest BCUT2D eigenvalue weighted by atomic mass is 16.5. The summed E-state index contributed by atoms with van der Waals surface area (Å²) < 4.78 is 7.13. The molecule has 17 heavy (non-hydrogen) atoms. The van der Waals surface area contributed by atoms with Crippen LogP contribution in [0.2, 0.25) is 0 Å². The van der Waals surface area contributed by atoms with Crippen molar-refractivity contribution < 1.29 is 4.74 Å². The Morgan fingerprint density at radius 3 is 2.76 bits per heavy atom. The third-order valence-electron chi connectivity index (χ3n) is 2.66. The Kier molecular flexibility index (Phi) is 3.44. The van der Waals surface area contributed by atoms with Crippen molar-refractivity contribution in [1.82, 2.24) is 15.1 Å². The van der Waals surface area contributed by atoms with Gasteiger partial charge in [-0.2, -0.15) is 5.10 Å². The van der Waals surface area contributed by atoms with Gasteiger partial charge in [-0.05, 0) is 31.3 Å². The second-order valence-electron chi connectivity index (χ2n) is 3.93. The molecule has 0 aliphatic rings. The van der Waals surface area contributed by atoms with Crippen LogP contribution in [0.25, 0.3) is 11.3 Å². The minimum absolute atomic E-state index is 0.782. The molecule has 0 bridgehead atoms. The summed E-state index contributed by atoms with van der Waals surface area (Å²) in [6.07, 6.45) is 1.94. The topological polar surface area (TPSA) is 39.1 Å². The van der Waals surface area contributed by atoms with Crippen molar-refractivity contribution in [3.8, 4) is 17.0 Å². The van der Waals surface area contributed by atoms with E-state index >= 15 is 0 Å². The zero-order chi connectivity index (χ0) is 12.3. The van der Waals surface area contributed by atoms with E-state index in [2.05, 4.69) is 16.5 Å². The van der Waals surface area contributed by atoms with Gasteiger partial charge in [-0.1, -0.05) is 0 Å². The Morgan fingerprint density at radius 2 is 2.18 bits per heavy atom. The summed E-state index contributed by atoms with van der Waals surface area (Å²) >= 11 is 0. The lowest BCUT2D eigenvalue weighted by atomic mass is 10.1. The fraction of sp³-hybridized carbons (Fsp3) is 0.308. The van der Waals surface area contributed by atoms with E-state index in [0.717, 1.165) is 29.1 Å². The Morgan fingerprint density at radius 1 is 1.35 bits per heavy atom. The van der Waals surface area contributed by atoms with Gasteiger partial charge in [0, 0.05) is 30.9 Å². The van der Waals surface area contributed by atoms with E-state index < -0.39 is 0 Å². The van der Waals surface area contributed by atoms with Gasteiger partial charge in [0.1, 0.15) is 5.75 Å². The lowest BCUT2D eigenvalue weighted by Crippen LogP contribution is -2.06.